The average molecular weight is 312 g/mol. The lowest BCUT2D eigenvalue weighted by Crippen LogP contribution is -2.46. The summed E-state index contributed by atoms with van der Waals surface area (Å²) in [5.74, 6) is 0.160. The number of aromatic nitrogens is 1. The number of ether oxygens (including phenoxy) is 1. The molecule has 1 atom stereocenters. The number of rotatable bonds is 1. The van der Waals surface area contributed by atoms with Gasteiger partial charge in [0.2, 0.25) is 0 Å². The molecule has 4 nitrogen and oxygen atoms in total. The van der Waals surface area contributed by atoms with Gasteiger partial charge in [0.05, 0.1) is 6.61 Å². The minimum Gasteiger partial charge on any atom is -0.381 e. The second kappa shape index (κ2) is 5.38. The van der Waals surface area contributed by atoms with E-state index >= 15 is 0 Å². The van der Waals surface area contributed by atoms with Crippen LogP contribution in [0.4, 0.5) is 0 Å². The number of piperidine rings is 1. The molecule has 1 aromatic heterocycles. The van der Waals surface area contributed by atoms with E-state index in [1.165, 1.54) is 12.0 Å². The molecule has 2 aromatic rings. The van der Waals surface area contributed by atoms with Crippen LogP contribution in [0.3, 0.4) is 0 Å². The molecule has 3 heterocycles. The molecule has 4 rings (SSSR count). The van der Waals surface area contributed by atoms with Crippen LogP contribution in [0, 0.1) is 12.3 Å². The van der Waals surface area contributed by atoms with Crippen LogP contribution in [0.15, 0.2) is 24.3 Å². The SMILES string of the molecule is Cc1ccc2cc(C(=O)N3CCCC4(CCOC4)C3)n(C)c2c1. The van der Waals surface area contributed by atoms with E-state index < -0.39 is 0 Å². The third-order valence-electron chi connectivity index (χ3n) is 5.55. The summed E-state index contributed by atoms with van der Waals surface area (Å²) in [6, 6.07) is 8.38. The molecule has 2 aliphatic heterocycles. The highest BCUT2D eigenvalue weighted by atomic mass is 16.5. The summed E-state index contributed by atoms with van der Waals surface area (Å²) in [6.45, 7) is 5.44. The first-order valence-electron chi connectivity index (χ1n) is 8.51. The lowest BCUT2D eigenvalue weighted by molar-refractivity contribution is 0.0455. The van der Waals surface area contributed by atoms with E-state index in [4.69, 9.17) is 4.74 Å². The highest BCUT2D eigenvalue weighted by Gasteiger charge is 2.40. The van der Waals surface area contributed by atoms with Crippen molar-refractivity contribution in [3.63, 3.8) is 0 Å². The Morgan fingerprint density at radius 1 is 1.26 bits per heavy atom. The monoisotopic (exact) mass is 312 g/mol. The van der Waals surface area contributed by atoms with Crippen LogP contribution in [0.5, 0.6) is 0 Å². The Morgan fingerprint density at radius 3 is 2.91 bits per heavy atom. The van der Waals surface area contributed by atoms with Crippen LogP contribution in [-0.2, 0) is 11.8 Å². The highest BCUT2D eigenvalue weighted by Crippen LogP contribution is 2.38. The number of benzene rings is 1. The van der Waals surface area contributed by atoms with Crippen molar-refractivity contribution in [2.45, 2.75) is 26.2 Å². The Morgan fingerprint density at radius 2 is 2.13 bits per heavy atom. The van der Waals surface area contributed by atoms with E-state index in [1.54, 1.807) is 0 Å². The second-order valence-electron chi connectivity index (χ2n) is 7.28. The third-order valence-corrected chi connectivity index (χ3v) is 5.55. The number of fused-ring (bicyclic) bond motifs is 1. The fourth-order valence-electron chi connectivity index (χ4n) is 4.16. The maximum atomic E-state index is 13.1. The Hall–Kier alpha value is -1.81. The molecule has 1 aromatic carbocycles. The number of amides is 1. The van der Waals surface area contributed by atoms with Gasteiger partial charge in [-0.25, -0.2) is 0 Å². The van der Waals surface area contributed by atoms with Crippen LogP contribution >= 0.6 is 0 Å². The minimum atomic E-state index is 0.160. The van der Waals surface area contributed by atoms with Crippen molar-refractivity contribution in [2.75, 3.05) is 26.3 Å². The molecule has 2 saturated heterocycles. The molecule has 0 radical (unpaired) electrons. The Bertz CT molecular complexity index is 756. The van der Waals surface area contributed by atoms with Crippen molar-refractivity contribution in [3.05, 3.63) is 35.5 Å². The van der Waals surface area contributed by atoms with Gasteiger partial charge in [0.15, 0.2) is 0 Å². The molecule has 2 aliphatic rings. The van der Waals surface area contributed by atoms with Crippen LogP contribution in [0.1, 0.15) is 35.3 Å². The number of aryl methyl sites for hydroxylation is 2. The molecule has 122 valence electrons. The maximum absolute atomic E-state index is 13.1. The van der Waals surface area contributed by atoms with Crippen LogP contribution in [0.2, 0.25) is 0 Å². The molecule has 2 fully saturated rings. The van der Waals surface area contributed by atoms with E-state index in [0.717, 1.165) is 55.7 Å². The quantitative estimate of drug-likeness (QED) is 0.811. The smallest absolute Gasteiger partial charge is 0.270 e. The molecule has 0 aliphatic carbocycles. The van der Waals surface area contributed by atoms with Gasteiger partial charge >= 0.3 is 0 Å². The number of likely N-dealkylation sites (tertiary alicyclic amines) is 1. The number of hydrogen-bond donors (Lipinski definition) is 0. The van der Waals surface area contributed by atoms with E-state index in [0.29, 0.717) is 0 Å². The topological polar surface area (TPSA) is 34.5 Å². The molecule has 4 heteroatoms. The Labute approximate surface area is 137 Å². The van der Waals surface area contributed by atoms with Crippen LogP contribution in [0.25, 0.3) is 10.9 Å². The lowest BCUT2D eigenvalue weighted by atomic mass is 9.79. The predicted octanol–water partition coefficient (Wildman–Crippen LogP) is 3.13. The van der Waals surface area contributed by atoms with Crippen LogP contribution < -0.4 is 0 Å². The fourth-order valence-corrected chi connectivity index (χ4v) is 4.16. The largest absolute Gasteiger partial charge is 0.381 e. The van der Waals surface area contributed by atoms with Gasteiger partial charge in [-0.1, -0.05) is 12.1 Å². The summed E-state index contributed by atoms with van der Waals surface area (Å²) >= 11 is 0. The summed E-state index contributed by atoms with van der Waals surface area (Å²) in [6.07, 6.45) is 3.36. The zero-order valence-electron chi connectivity index (χ0n) is 14.0. The van der Waals surface area contributed by atoms with Gasteiger partial charge in [-0.2, -0.15) is 0 Å². The van der Waals surface area contributed by atoms with Gasteiger partial charge in [-0.3, -0.25) is 4.79 Å². The van der Waals surface area contributed by atoms with Crippen LogP contribution in [-0.4, -0.2) is 41.7 Å². The summed E-state index contributed by atoms with van der Waals surface area (Å²) in [5.41, 5.74) is 3.35. The molecular formula is C19H24N2O2. The molecule has 1 spiro atoms. The van der Waals surface area contributed by atoms with Crippen molar-refractivity contribution >= 4 is 16.8 Å². The van der Waals surface area contributed by atoms with Gasteiger partial charge in [0.25, 0.3) is 5.91 Å². The van der Waals surface area contributed by atoms with Gasteiger partial charge in [-0.05, 0) is 43.9 Å². The van der Waals surface area contributed by atoms with Gasteiger partial charge in [0, 0.05) is 43.1 Å². The second-order valence-corrected chi connectivity index (χ2v) is 7.28. The molecular weight excluding hydrogens is 288 g/mol. The first kappa shape index (κ1) is 14.8. The molecule has 0 bridgehead atoms. The summed E-state index contributed by atoms with van der Waals surface area (Å²) in [5, 5.41) is 1.14. The molecule has 1 unspecified atom stereocenters. The Balaban J connectivity index is 1.65. The number of hydrogen-bond acceptors (Lipinski definition) is 2. The molecule has 1 amide bonds. The van der Waals surface area contributed by atoms with Crippen molar-refractivity contribution < 1.29 is 9.53 Å². The fraction of sp³-hybridized carbons (Fsp3) is 0.526. The molecule has 0 N–H and O–H groups in total. The normalized spacial score (nSPS) is 24.7. The average Bonchev–Trinajstić information content (AvgIpc) is 3.12. The summed E-state index contributed by atoms with van der Waals surface area (Å²) in [7, 11) is 1.99. The zero-order valence-corrected chi connectivity index (χ0v) is 14.0. The Kier molecular flexibility index (Phi) is 3.45. The van der Waals surface area contributed by atoms with Crippen molar-refractivity contribution in [1.29, 1.82) is 0 Å². The number of nitrogens with zero attached hydrogens (tertiary/aromatic N) is 2. The van der Waals surface area contributed by atoms with Gasteiger partial charge in [0.1, 0.15) is 5.69 Å². The minimum absolute atomic E-state index is 0.160. The first-order valence-corrected chi connectivity index (χ1v) is 8.51. The zero-order chi connectivity index (χ0) is 16.0. The standard InChI is InChI=1S/C19H24N2O2/c1-14-4-5-15-11-17(20(2)16(15)10-14)18(22)21-8-3-6-19(12-21)7-9-23-13-19/h4-5,10-11H,3,6-9,12-13H2,1-2H3. The number of carbonyl (C=O) groups is 1. The first-order chi connectivity index (χ1) is 11.1. The van der Waals surface area contributed by atoms with Crippen molar-refractivity contribution in [1.82, 2.24) is 9.47 Å². The molecule has 0 saturated carbocycles. The van der Waals surface area contributed by atoms with Crippen molar-refractivity contribution in [3.8, 4) is 0 Å². The van der Waals surface area contributed by atoms with E-state index in [2.05, 4.69) is 25.1 Å². The predicted molar refractivity (Wildman–Crippen MR) is 90.7 cm³/mol. The van der Waals surface area contributed by atoms with Gasteiger partial charge in [-0.15, -0.1) is 0 Å². The molecule has 23 heavy (non-hydrogen) atoms. The summed E-state index contributed by atoms with van der Waals surface area (Å²) in [4.78, 5) is 15.1. The number of carbonyl (C=O) groups excluding carboxylic acids is 1. The van der Waals surface area contributed by atoms with Crippen molar-refractivity contribution in [2.24, 2.45) is 12.5 Å². The lowest BCUT2D eigenvalue weighted by Gasteiger charge is -2.39. The highest BCUT2D eigenvalue weighted by molar-refractivity contribution is 5.99. The van der Waals surface area contributed by atoms with E-state index in [9.17, 15) is 4.79 Å². The van der Waals surface area contributed by atoms with E-state index in [1.807, 2.05) is 22.6 Å². The van der Waals surface area contributed by atoms with E-state index in [-0.39, 0.29) is 11.3 Å². The third kappa shape index (κ3) is 2.45. The summed E-state index contributed by atoms with van der Waals surface area (Å²) < 4.78 is 7.65. The maximum Gasteiger partial charge on any atom is 0.270 e. The van der Waals surface area contributed by atoms with Gasteiger partial charge < -0.3 is 14.2 Å².